The van der Waals surface area contributed by atoms with Gasteiger partial charge in [0.05, 0.1) is 23.5 Å². The molecule has 2 aromatic carbocycles. The summed E-state index contributed by atoms with van der Waals surface area (Å²) in [4.78, 5) is 31.8. The molecule has 1 fully saturated rings. The zero-order valence-corrected chi connectivity index (χ0v) is 22.5. The van der Waals surface area contributed by atoms with Gasteiger partial charge in [0.15, 0.2) is 5.03 Å². The summed E-state index contributed by atoms with van der Waals surface area (Å²) < 4.78 is 30.3. The molecule has 13 heteroatoms. The van der Waals surface area contributed by atoms with Crippen LogP contribution < -0.4 is 10.6 Å². The Hall–Kier alpha value is -3.43. The number of nitrogens with two attached hydrogens (primary N) is 1. The monoisotopic (exact) mass is 572 g/mol. The lowest BCUT2D eigenvalue weighted by Gasteiger charge is -2.28. The number of nitriles is 1. The van der Waals surface area contributed by atoms with E-state index in [1.54, 1.807) is 31.2 Å². The lowest BCUT2D eigenvalue weighted by atomic mass is 9.91. The maximum Gasteiger partial charge on any atom is 0.261 e. The number of imidazole rings is 1. The first-order valence-corrected chi connectivity index (χ1v) is 13.9. The maximum atomic E-state index is 14.1. The van der Waals surface area contributed by atoms with Gasteiger partial charge in [-0.15, -0.1) is 0 Å². The third-order valence-electron chi connectivity index (χ3n) is 6.91. The number of aromatic nitrogens is 2. The van der Waals surface area contributed by atoms with Crippen molar-refractivity contribution in [3.8, 4) is 6.07 Å². The van der Waals surface area contributed by atoms with Gasteiger partial charge in [-0.05, 0) is 55.7 Å². The molecule has 2 atom stereocenters. The summed E-state index contributed by atoms with van der Waals surface area (Å²) in [5, 5.41) is 9.49. The Kier molecular flexibility index (Phi) is 6.47. The highest BCUT2D eigenvalue weighted by atomic mass is 35.5. The van der Waals surface area contributed by atoms with Crippen LogP contribution in [0.1, 0.15) is 30.9 Å². The molecule has 0 saturated carbocycles. The van der Waals surface area contributed by atoms with E-state index in [0.29, 0.717) is 29.7 Å². The second-order valence-corrected chi connectivity index (χ2v) is 12.1. The summed E-state index contributed by atoms with van der Waals surface area (Å²) in [5.41, 5.74) is 5.53. The minimum Gasteiger partial charge on any atom is -0.368 e. The van der Waals surface area contributed by atoms with Crippen LogP contribution in [0, 0.1) is 11.3 Å². The highest BCUT2D eigenvalue weighted by molar-refractivity contribution is 7.89. The molecule has 0 radical (unpaired) electrons. The number of primary amides is 1. The van der Waals surface area contributed by atoms with E-state index in [4.69, 9.17) is 34.2 Å². The highest BCUT2D eigenvalue weighted by Crippen LogP contribution is 2.45. The van der Waals surface area contributed by atoms with Crippen molar-refractivity contribution in [2.75, 3.05) is 11.4 Å². The van der Waals surface area contributed by atoms with Crippen LogP contribution in [-0.4, -0.2) is 46.7 Å². The molecule has 2 amide bonds. The van der Waals surface area contributed by atoms with Crippen LogP contribution in [0.3, 0.4) is 0 Å². The smallest absolute Gasteiger partial charge is 0.261 e. The zero-order chi connectivity index (χ0) is 27.4. The minimum atomic E-state index is -4.28. The molecule has 0 spiro atoms. The number of sulfonamides is 1. The van der Waals surface area contributed by atoms with Crippen molar-refractivity contribution in [3.05, 3.63) is 69.8 Å². The fraction of sp³-hybridized carbons (Fsp3) is 0.280. The topological polar surface area (TPSA) is 142 Å². The van der Waals surface area contributed by atoms with Crippen molar-refractivity contribution in [2.45, 2.75) is 42.8 Å². The average Bonchev–Trinajstić information content (AvgIpc) is 3.57. The quantitative estimate of drug-likeness (QED) is 0.480. The predicted molar refractivity (Wildman–Crippen MR) is 140 cm³/mol. The van der Waals surface area contributed by atoms with Gasteiger partial charge in [0.25, 0.3) is 15.9 Å². The number of benzene rings is 2. The Morgan fingerprint density at radius 1 is 1.21 bits per heavy atom. The van der Waals surface area contributed by atoms with Crippen LogP contribution >= 0.6 is 23.2 Å². The third kappa shape index (κ3) is 4.14. The zero-order valence-electron chi connectivity index (χ0n) is 20.1. The van der Waals surface area contributed by atoms with E-state index < -0.39 is 33.4 Å². The van der Waals surface area contributed by atoms with Crippen LogP contribution in [0.4, 0.5) is 11.6 Å². The number of hydrogen-bond donors (Lipinski definition) is 1. The molecular weight excluding hydrogens is 551 g/mol. The third-order valence-corrected chi connectivity index (χ3v) is 9.22. The number of nitrogens with zero attached hydrogens (tertiary/aromatic N) is 5. The van der Waals surface area contributed by atoms with Gasteiger partial charge in [0.2, 0.25) is 11.9 Å². The fourth-order valence-electron chi connectivity index (χ4n) is 5.14. The molecule has 3 heterocycles. The summed E-state index contributed by atoms with van der Waals surface area (Å²) in [6.07, 6.45) is 2.06. The number of fused-ring (bicyclic) bond motifs is 1. The van der Waals surface area contributed by atoms with Crippen LogP contribution in [0.15, 0.2) is 53.7 Å². The van der Waals surface area contributed by atoms with Crippen molar-refractivity contribution in [1.82, 2.24) is 13.9 Å². The largest absolute Gasteiger partial charge is 0.368 e. The summed E-state index contributed by atoms with van der Waals surface area (Å²) >= 11 is 12.4. The normalized spacial score (nSPS) is 21.5. The molecule has 1 aromatic heterocycles. The van der Waals surface area contributed by atoms with Gasteiger partial charge in [-0.1, -0.05) is 35.3 Å². The van der Waals surface area contributed by atoms with Gasteiger partial charge in [0, 0.05) is 23.0 Å². The van der Waals surface area contributed by atoms with Crippen molar-refractivity contribution in [2.24, 2.45) is 5.73 Å². The maximum absolute atomic E-state index is 14.1. The molecular formula is C25H22Cl2N6O4S. The molecule has 38 heavy (non-hydrogen) atoms. The summed E-state index contributed by atoms with van der Waals surface area (Å²) in [6.45, 7) is 1.74. The summed E-state index contributed by atoms with van der Waals surface area (Å²) in [5.74, 6) is -1.12. The van der Waals surface area contributed by atoms with Crippen LogP contribution in [-0.2, 0) is 31.6 Å². The number of hydrogen-bond acceptors (Lipinski definition) is 6. The second kappa shape index (κ2) is 9.39. The number of carbonyl (C=O) groups is 2. The van der Waals surface area contributed by atoms with E-state index in [9.17, 15) is 18.0 Å². The highest BCUT2D eigenvalue weighted by Gasteiger charge is 2.53. The molecule has 0 bridgehead atoms. The molecule has 196 valence electrons. The van der Waals surface area contributed by atoms with E-state index in [1.165, 1.54) is 33.9 Å². The molecule has 10 nitrogen and oxygen atoms in total. The number of carbonyl (C=O) groups excluding carboxylic acids is 2. The van der Waals surface area contributed by atoms with Gasteiger partial charge in [0.1, 0.15) is 11.6 Å². The van der Waals surface area contributed by atoms with Gasteiger partial charge in [-0.3, -0.25) is 14.2 Å². The Balaban J connectivity index is 1.69. The summed E-state index contributed by atoms with van der Waals surface area (Å²) in [7, 11) is -4.28. The summed E-state index contributed by atoms with van der Waals surface area (Å²) in [6, 6.07) is 12.3. The van der Waals surface area contributed by atoms with Gasteiger partial charge in [-0.2, -0.15) is 9.57 Å². The fourth-order valence-corrected chi connectivity index (χ4v) is 7.51. The molecule has 2 aliphatic rings. The van der Waals surface area contributed by atoms with Gasteiger partial charge >= 0.3 is 0 Å². The molecule has 2 aliphatic heterocycles. The van der Waals surface area contributed by atoms with Crippen LogP contribution in [0.5, 0.6) is 0 Å². The first-order chi connectivity index (χ1) is 18.0. The average molecular weight is 573 g/mol. The van der Waals surface area contributed by atoms with E-state index in [0.717, 1.165) is 4.31 Å². The molecule has 2 N–H and O–H groups in total. The van der Waals surface area contributed by atoms with E-state index in [1.807, 2.05) is 0 Å². The van der Waals surface area contributed by atoms with E-state index in [-0.39, 0.29) is 34.0 Å². The molecule has 5 rings (SSSR count). The molecule has 2 unspecified atom stereocenters. The second-order valence-electron chi connectivity index (χ2n) is 9.44. The van der Waals surface area contributed by atoms with Crippen molar-refractivity contribution in [1.29, 1.82) is 5.26 Å². The standard InChI is InChI=1S/C25H22Cl2N6O4S/c1-25(12-15-4-6-16(13-28)7-5-15)23(35)32(19-10-17(26)9-18(27)11-19)24-30-14-21(33(24)25)38(36,37)31-8-2-3-20(31)22(29)34/h4-7,9-11,14,20H,2-3,8,12H2,1H3,(H2,29,34). The van der Waals surface area contributed by atoms with E-state index in [2.05, 4.69) is 11.1 Å². The minimum absolute atomic E-state index is 0.0675. The number of rotatable bonds is 6. The van der Waals surface area contributed by atoms with Crippen LogP contribution in [0.2, 0.25) is 10.0 Å². The molecule has 0 aliphatic carbocycles. The lowest BCUT2D eigenvalue weighted by Crippen LogP contribution is -2.46. The predicted octanol–water partition coefficient (Wildman–Crippen LogP) is 3.34. The lowest BCUT2D eigenvalue weighted by molar-refractivity contribution is -0.124. The Bertz CT molecular complexity index is 1600. The number of amides is 2. The van der Waals surface area contributed by atoms with Gasteiger partial charge < -0.3 is 5.73 Å². The Labute approximate surface area is 229 Å². The first-order valence-electron chi connectivity index (χ1n) is 11.7. The van der Waals surface area contributed by atoms with E-state index >= 15 is 0 Å². The SMILES string of the molecule is CC1(Cc2ccc(C#N)cc2)C(=O)N(c2cc(Cl)cc(Cl)c2)c2ncc(S(=O)(=O)N3CCCC3C(N)=O)n21. The molecule has 3 aromatic rings. The molecule has 1 saturated heterocycles. The Morgan fingerprint density at radius 3 is 2.47 bits per heavy atom. The number of anilines is 2. The van der Waals surface area contributed by atoms with Crippen LogP contribution in [0.25, 0.3) is 0 Å². The van der Waals surface area contributed by atoms with Crippen molar-refractivity contribution >= 4 is 56.7 Å². The first kappa shape index (κ1) is 26.2. The number of halogens is 2. The Morgan fingerprint density at radius 2 is 1.87 bits per heavy atom. The van der Waals surface area contributed by atoms with Crippen molar-refractivity contribution < 1.29 is 18.0 Å². The van der Waals surface area contributed by atoms with Crippen molar-refractivity contribution in [3.63, 3.8) is 0 Å². The van der Waals surface area contributed by atoms with Gasteiger partial charge in [-0.25, -0.2) is 18.3 Å².